The fourth-order valence-corrected chi connectivity index (χ4v) is 5.68. The Morgan fingerprint density at radius 3 is 2.60 bits per heavy atom. The number of benzene rings is 2. The van der Waals surface area contributed by atoms with Crippen molar-refractivity contribution in [3.63, 3.8) is 0 Å². The van der Waals surface area contributed by atoms with Crippen molar-refractivity contribution >= 4 is 40.9 Å². The van der Waals surface area contributed by atoms with Crippen molar-refractivity contribution in [1.82, 2.24) is 14.8 Å². The first-order chi connectivity index (χ1) is 20.2. The fraction of sp³-hybridized carbons (Fsp3) is 0.267. The molecule has 2 aromatic carbocycles. The van der Waals surface area contributed by atoms with Crippen molar-refractivity contribution in [2.45, 2.75) is 44.8 Å². The van der Waals surface area contributed by atoms with Crippen LogP contribution in [0.5, 0.6) is 11.5 Å². The van der Waals surface area contributed by atoms with Crippen LogP contribution in [0, 0.1) is 0 Å². The average Bonchev–Trinajstić information content (AvgIpc) is 3.33. The van der Waals surface area contributed by atoms with Gasteiger partial charge in [-0.1, -0.05) is 41.4 Å². The molecule has 2 aromatic heterocycles. The number of aromatic nitrogens is 3. The number of halogens is 2. The molecule has 0 saturated carbocycles. The number of nitrogens with two attached hydrogens (primary N) is 1. The Hall–Kier alpha value is -4.12. The lowest BCUT2D eigenvalue weighted by Crippen LogP contribution is -2.18. The standard InChI is InChI=1S/C30H29Cl2N5O5/c31-19-12-20(32)14-23(13-19)42-22-5-1-3-18(11-22)24(15-26(39)40)28-27(29(33)41)25(16-38)37(36-28)10-8-21-7-6-17-4-2-9-34-30(17)35-21/h1,3,5-7,11-14,24,38H,2,4,8-10,15-16H2,(H2,33,41)(H,34,35)(H,39,40). The number of rotatable bonds is 11. The molecule has 12 heteroatoms. The average molecular weight is 610 g/mol. The van der Waals surface area contributed by atoms with Gasteiger partial charge >= 0.3 is 5.97 Å². The van der Waals surface area contributed by atoms with E-state index in [1.54, 1.807) is 42.5 Å². The number of carbonyl (C=O) groups excluding carboxylic acids is 1. The van der Waals surface area contributed by atoms with Gasteiger partial charge in [0.2, 0.25) is 0 Å². The van der Waals surface area contributed by atoms with Crippen LogP contribution in [0.1, 0.15) is 57.3 Å². The Labute approximate surface area is 252 Å². The first kappa shape index (κ1) is 29.4. The zero-order chi connectivity index (χ0) is 29.8. The number of carbonyl (C=O) groups is 2. The third-order valence-electron chi connectivity index (χ3n) is 7.05. The van der Waals surface area contributed by atoms with Gasteiger partial charge in [-0.3, -0.25) is 14.3 Å². The number of carboxylic acid groups (broad SMARTS) is 1. The Bertz CT molecular complexity index is 1620. The maximum absolute atomic E-state index is 12.7. The highest BCUT2D eigenvalue weighted by atomic mass is 35.5. The van der Waals surface area contributed by atoms with E-state index in [-0.39, 0.29) is 23.4 Å². The molecule has 5 rings (SSSR count). The molecule has 1 atom stereocenters. The fourth-order valence-electron chi connectivity index (χ4n) is 5.17. The Kier molecular flexibility index (Phi) is 8.96. The lowest BCUT2D eigenvalue weighted by molar-refractivity contribution is -0.137. The highest BCUT2D eigenvalue weighted by Gasteiger charge is 2.30. The molecule has 0 saturated heterocycles. The van der Waals surface area contributed by atoms with Gasteiger partial charge in [-0.15, -0.1) is 0 Å². The van der Waals surface area contributed by atoms with E-state index in [0.29, 0.717) is 40.1 Å². The summed E-state index contributed by atoms with van der Waals surface area (Å²) in [6, 6.07) is 15.6. The quantitative estimate of drug-likeness (QED) is 0.181. The number of nitrogens with zero attached hydrogens (tertiary/aromatic N) is 3. The van der Waals surface area contributed by atoms with E-state index in [9.17, 15) is 19.8 Å². The summed E-state index contributed by atoms with van der Waals surface area (Å²) >= 11 is 12.2. The molecule has 0 spiro atoms. The number of hydrogen-bond donors (Lipinski definition) is 4. The van der Waals surface area contributed by atoms with Gasteiger partial charge < -0.3 is 26.0 Å². The minimum atomic E-state index is -1.10. The third-order valence-corrected chi connectivity index (χ3v) is 7.49. The van der Waals surface area contributed by atoms with Gasteiger partial charge in [-0.05, 0) is 60.4 Å². The second-order valence-corrected chi connectivity index (χ2v) is 10.8. The number of aliphatic carboxylic acids is 1. The number of primary amides is 1. The molecular weight excluding hydrogens is 581 g/mol. The van der Waals surface area contributed by atoms with Crippen molar-refractivity contribution in [3.8, 4) is 11.5 Å². The van der Waals surface area contributed by atoms with E-state index in [4.69, 9.17) is 38.7 Å². The highest BCUT2D eigenvalue weighted by molar-refractivity contribution is 6.34. The third kappa shape index (κ3) is 6.67. The number of aliphatic hydroxyl groups excluding tert-OH is 1. The summed E-state index contributed by atoms with van der Waals surface area (Å²) in [6.07, 6.45) is 2.11. The van der Waals surface area contributed by atoms with Crippen molar-refractivity contribution in [3.05, 3.63) is 98.4 Å². The molecular formula is C30H29Cl2N5O5. The summed E-state index contributed by atoms with van der Waals surface area (Å²) in [5, 5.41) is 28.8. The molecule has 0 radical (unpaired) electrons. The number of pyridine rings is 1. The summed E-state index contributed by atoms with van der Waals surface area (Å²) in [6.45, 7) is 0.649. The van der Waals surface area contributed by atoms with Gasteiger partial charge in [0.1, 0.15) is 17.3 Å². The minimum Gasteiger partial charge on any atom is -0.481 e. The van der Waals surface area contributed by atoms with Crippen LogP contribution >= 0.6 is 23.2 Å². The molecule has 1 unspecified atom stereocenters. The molecule has 10 nitrogen and oxygen atoms in total. The molecule has 4 aromatic rings. The number of nitrogens with one attached hydrogen (secondary N) is 1. The van der Waals surface area contributed by atoms with Crippen LogP contribution in [-0.4, -0.2) is 43.4 Å². The van der Waals surface area contributed by atoms with Gasteiger partial charge in [0, 0.05) is 41.2 Å². The van der Waals surface area contributed by atoms with Gasteiger partial charge in [0.25, 0.3) is 5.91 Å². The summed E-state index contributed by atoms with van der Waals surface area (Å²) in [4.78, 5) is 29.4. The van der Waals surface area contributed by atoms with E-state index in [1.807, 2.05) is 6.07 Å². The number of carboxylic acids is 1. The van der Waals surface area contributed by atoms with Crippen molar-refractivity contribution in [2.24, 2.45) is 5.73 Å². The number of fused-ring (bicyclic) bond motifs is 1. The molecule has 3 heterocycles. The first-order valence-electron chi connectivity index (χ1n) is 13.4. The Balaban J connectivity index is 1.48. The van der Waals surface area contributed by atoms with E-state index < -0.39 is 24.4 Å². The molecule has 0 aliphatic carbocycles. The molecule has 5 N–H and O–H groups in total. The van der Waals surface area contributed by atoms with Gasteiger partial charge in [0.15, 0.2) is 0 Å². The van der Waals surface area contributed by atoms with Gasteiger partial charge in [-0.2, -0.15) is 5.10 Å². The summed E-state index contributed by atoms with van der Waals surface area (Å²) < 4.78 is 7.45. The molecule has 0 bridgehead atoms. The molecule has 1 aliphatic heterocycles. The van der Waals surface area contributed by atoms with Crippen molar-refractivity contribution < 1.29 is 24.5 Å². The van der Waals surface area contributed by atoms with Crippen LogP contribution < -0.4 is 15.8 Å². The summed E-state index contributed by atoms with van der Waals surface area (Å²) in [7, 11) is 0. The Morgan fingerprint density at radius 2 is 1.88 bits per heavy atom. The predicted octanol–water partition coefficient (Wildman–Crippen LogP) is 5.18. The highest BCUT2D eigenvalue weighted by Crippen LogP contribution is 2.35. The van der Waals surface area contributed by atoms with E-state index in [2.05, 4.69) is 16.5 Å². The maximum Gasteiger partial charge on any atom is 0.304 e. The number of anilines is 1. The van der Waals surface area contributed by atoms with Crippen LogP contribution in [0.3, 0.4) is 0 Å². The lowest BCUT2D eigenvalue weighted by Gasteiger charge is -2.17. The van der Waals surface area contributed by atoms with E-state index in [1.165, 1.54) is 10.2 Å². The van der Waals surface area contributed by atoms with Crippen molar-refractivity contribution in [1.29, 1.82) is 0 Å². The number of hydrogen-bond acceptors (Lipinski definition) is 7. The second kappa shape index (κ2) is 12.8. The largest absolute Gasteiger partial charge is 0.481 e. The predicted molar refractivity (Wildman–Crippen MR) is 158 cm³/mol. The molecule has 0 fully saturated rings. The molecule has 1 amide bonds. The summed E-state index contributed by atoms with van der Waals surface area (Å²) in [5.41, 5.74) is 8.66. The topological polar surface area (TPSA) is 153 Å². The van der Waals surface area contributed by atoms with Crippen LogP contribution in [0.15, 0.2) is 54.6 Å². The van der Waals surface area contributed by atoms with Gasteiger partial charge in [0.05, 0.1) is 30.0 Å². The molecule has 42 heavy (non-hydrogen) atoms. The van der Waals surface area contributed by atoms with E-state index in [0.717, 1.165) is 30.9 Å². The zero-order valence-corrected chi connectivity index (χ0v) is 24.0. The van der Waals surface area contributed by atoms with Crippen LogP contribution in [0.25, 0.3) is 0 Å². The summed E-state index contributed by atoms with van der Waals surface area (Å²) in [5.74, 6) is -1.12. The van der Waals surface area contributed by atoms with Gasteiger partial charge in [-0.25, -0.2) is 4.98 Å². The molecule has 1 aliphatic rings. The number of aryl methyl sites for hydroxylation is 3. The van der Waals surface area contributed by atoms with Crippen LogP contribution in [0.4, 0.5) is 5.82 Å². The zero-order valence-electron chi connectivity index (χ0n) is 22.5. The Morgan fingerprint density at radius 1 is 1.10 bits per heavy atom. The number of aliphatic hydroxyl groups is 1. The maximum atomic E-state index is 12.7. The van der Waals surface area contributed by atoms with Crippen LogP contribution in [-0.2, 0) is 30.8 Å². The lowest BCUT2D eigenvalue weighted by atomic mass is 9.89. The van der Waals surface area contributed by atoms with Crippen LogP contribution in [0.2, 0.25) is 10.0 Å². The SMILES string of the molecule is NC(=O)c1c(C(CC(=O)O)c2cccc(Oc3cc(Cl)cc(Cl)c3)c2)nn(CCc2ccc3c(n2)NCCC3)c1CO. The monoisotopic (exact) mass is 609 g/mol. The minimum absolute atomic E-state index is 0.00300. The van der Waals surface area contributed by atoms with E-state index >= 15 is 0 Å². The first-order valence-corrected chi connectivity index (χ1v) is 14.2. The normalized spacial score (nSPS) is 13.2. The number of amides is 1. The van der Waals surface area contributed by atoms with Crippen molar-refractivity contribution in [2.75, 3.05) is 11.9 Å². The smallest absolute Gasteiger partial charge is 0.304 e. The number of ether oxygens (including phenoxy) is 1. The second-order valence-electron chi connectivity index (χ2n) is 9.97. The molecule has 218 valence electrons.